The Bertz CT molecular complexity index is 338. The topological polar surface area (TPSA) is 57.2 Å². The minimum atomic E-state index is -1.65. The number of carboxylic acids is 1. The number of carboxylic acid groups (broad SMARTS) is 1. The van der Waals surface area contributed by atoms with Crippen molar-refractivity contribution < 1.29 is 14.7 Å². The standard InChI is InChI=1S/2C8H17.C4H6O2.C2H3O.Sn/c2*1-3-5-7-8-6-4-2;1-3(2)4(5)6;1-2-3;/h2*1,3-8H2,2H3;1H2,2H3,(H,5,6);1H3;/q;;;;+1/p-1. The average molecular weight is 473 g/mol. The molecule has 0 saturated heterocycles. The van der Waals surface area contributed by atoms with E-state index in [2.05, 4.69) is 20.4 Å². The van der Waals surface area contributed by atoms with Gasteiger partial charge in [-0.05, 0) is 12.5 Å². The maximum absolute atomic E-state index is 11.8. The van der Waals surface area contributed by atoms with Crippen LogP contribution in [0.15, 0.2) is 12.2 Å². The van der Waals surface area contributed by atoms with Gasteiger partial charge in [0.15, 0.2) is 0 Å². The summed E-state index contributed by atoms with van der Waals surface area (Å²) in [6.07, 6.45) is 16.4. The van der Waals surface area contributed by atoms with Gasteiger partial charge in [0.05, 0.1) is 5.97 Å². The van der Waals surface area contributed by atoms with E-state index in [-0.39, 0.29) is 5.57 Å². The molecular formula is C22H42O3Sn. The summed E-state index contributed by atoms with van der Waals surface area (Å²) in [6, 6.07) is 0. The monoisotopic (exact) mass is 474 g/mol. The molecule has 0 aliphatic carbocycles. The summed E-state index contributed by atoms with van der Waals surface area (Å²) < 4.78 is 3.28. The zero-order valence-corrected chi connectivity index (χ0v) is 20.7. The van der Waals surface area contributed by atoms with Crippen molar-refractivity contribution in [3.05, 3.63) is 12.2 Å². The molecule has 0 N–H and O–H groups in total. The van der Waals surface area contributed by atoms with Crippen molar-refractivity contribution >= 4 is 29.5 Å². The van der Waals surface area contributed by atoms with E-state index in [9.17, 15) is 14.7 Å². The van der Waals surface area contributed by atoms with Gasteiger partial charge in [-0.15, -0.1) is 0 Å². The number of carbonyl (C=O) groups excluding carboxylic acids is 2. The number of carbonyl (C=O) groups is 2. The Balaban J connectivity index is 0. The third-order valence-corrected chi connectivity index (χ3v) is 12.8. The van der Waals surface area contributed by atoms with Crippen LogP contribution in [0.3, 0.4) is 0 Å². The van der Waals surface area contributed by atoms with Crippen LogP contribution in [-0.4, -0.2) is 29.5 Å². The first-order valence-electron chi connectivity index (χ1n) is 10.6. The van der Waals surface area contributed by atoms with Crippen LogP contribution in [0.5, 0.6) is 0 Å². The molecule has 0 rings (SSSR count). The van der Waals surface area contributed by atoms with Crippen molar-refractivity contribution in [2.24, 2.45) is 0 Å². The molecule has 4 heteroatoms. The van der Waals surface area contributed by atoms with Crippen LogP contribution in [-0.2, 0) is 9.59 Å². The summed E-state index contributed by atoms with van der Waals surface area (Å²) in [5, 5.41) is 9.49. The number of rotatable bonds is 16. The molecule has 0 aromatic carbocycles. The van der Waals surface area contributed by atoms with E-state index in [0.717, 1.165) is 0 Å². The van der Waals surface area contributed by atoms with Crippen molar-refractivity contribution in [3.8, 4) is 0 Å². The van der Waals surface area contributed by atoms with Gasteiger partial charge >= 0.3 is 135 Å². The molecule has 0 amide bonds. The summed E-state index contributed by atoms with van der Waals surface area (Å²) >= 11 is -1.65. The molecule has 0 aromatic heterocycles. The predicted octanol–water partition coefficient (Wildman–Crippen LogP) is 5.64. The number of hydrogen-bond acceptors (Lipinski definition) is 3. The second-order valence-electron chi connectivity index (χ2n) is 7.26. The number of hydrogen-bond donors (Lipinski definition) is 0. The van der Waals surface area contributed by atoms with E-state index in [1.165, 1.54) is 92.8 Å². The molecule has 0 aliphatic rings. The van der Waals surface area contributed by atoms with Gasteiger partial charge < -0.3 is 9.90 Å². The van der Waals surface area contributed by atoms with Crippen LogP contribution in [0.2, 0.25) is 8.87 Å². The van der Waals surface area contributed by atoms with E-state index in [4.69, 9.17) is 0 Å². The zero-order valence-electron chi connectivity index (χ0n) is 17.8. The quantitative estimate of drug-likeness (QED) is 0.166. The number of unbranched alkanes of at least 4 members (excludes halogenated alkanes) is 10. The molecule has 3 nitrogen and oxygen atoms in total. The molecule has 0 aliphatic heterocycles. The molecule has 152 valence electrons. The Labute approximate surface area is 169 Å². The fourth-order valence-electron chi connectivity index (χ4n) is 2.71. The van der Waals surface area contributed by atoms with Gasteiger partial charge in [0, 0.05) is 0 Å². The molecule has 0 atom stereocenters. The van der Waals surface area contributed by atoms with Crippen LogP contribution in [0.1, 0.15) is 105 Å². The first-order chi connectivity index (χ1) is 12.4. The van der Waals surface area contributed by atoms with E-state index >= 15 is 0 Å². The van der Waals surface area contributed by atoms with Crippen molar-refractivity contribution in [2.45, 2.75) is 114 Å². The molecule has 0 bridgehead atoms. The SMILES string of the molecule is C=C(C)C(=O)[O-].CCCCCCC[CH2][Sn+]([CH2]CCCCCCC)[C](C)=O. The molecule has 0 spiro atoms. The summed E-state index contributed by atoms with van der Waals surface area (Å²) in [6.45, 7) is 10.9. The Hall–Kier alpha value is -0.321. The summed E-state index contributed by atoms with van der Waals surface area (Å²) in [7, 11) is 0. The molecule has 0 heterocycles. The Morgan fingerprint density at radius 3 is 1.31 bits per heavy atom. The van der Waals surface area contributed by atoms with Gasteiger partial charge in [-0.2, -0.15) is 0 Å². The first kappa shape index (κ1) is 27.9. The van der Waals surface area contributed by atoms with Crippen LogP contribution >= 0.6 is 0 Å². The van der Waals surface area contributed by atoms with E-state index in [1.807, 2.05) is 6.92 Å². The van der Waals surface area contributed by atoms with Crippen LogP contribution in [0.4, 0.5) is 0 Å². The molecular weight excluding hydrogens is 431 g/mol. The van der Waals surface area contributed by atoms with Gasteiger partial charge in [0.1, 0.15) is 0 Å². The van der Waals surface area contributed by atoms with Crippen LogP contribution in [0, 0.1) is 0 Å². The second kappa shape index (κ2) is 21.0. The molecule has 0 unspecified atom stereocenters. The molecule has 0 fully saturated rings. The Morgan fingerprint density at radius 1 is 0.731 bits per heavy atom. The molecule has 26 heavy (non-hydrogen) atoms. The first-order valence-corrected chi connectivity index (χ1v) is 16.1. The third kappa shape index (κ3) is 21.7. The van der Waals surface area contributed by atoms with E-state index < -0.39 is 25.7 Å². The van der Waals surface area contributed by atoms with Gasteiger partial charge in [-0.25, -0.2) is 0 Å². The van der Waals surface area contributed by atoms with Gasteiger partial charge in [-0.1, -0.05) is 6.58 Å². The summed E-state index contributed by atoms with van der Waals surface area (Å²) in [4.78, 5) is 21.3. The Kier molecular flexibility index (Phi) is 22.5. The third-order valence-electron chi connectivity index (χ3n) is 4.51. The van der Waals surface area contributed by atoms with Gasteiger partial charge in [-0.3, -0.25) is 0 Å². The van der Waals surface area contributed by atoms with E-state index in [1.54, 1.807) is 0 Å². The maximum atomic E-state index is 11.8. The van der Waals surface area contributed by atoms with Crippen molar-refractivity contribution in [3.63, 3.8) is 0 Å². The molecule has 0 aromatic rings. The Morgan fingerprint density at radius 2 is 1.04 bits per heavy atom. The van der Waals surface area contributed by atoms with Gasteiger partial charge in [0.25, 0.3) is 0 Å². The van der Waals surface area contributed by atoms with Crippen LogP contribution < -0.4 is 5.11 Å². The van der Waals surface area contributed by atoms with Crippen LogP contribution in [0.25, 0.3) is 0 Å². The minimum absolute atomic E-state index is 0.0648. The zero-order chi connectivity index (χ0) is 20.2. The fourth-order valence-corrected chi connectivity index (χ4v) is 9.30. The number of aliphatic carboxylic acids is 1. The molecule has 0 saturated carbocycles. The van der Waals surface area contributed by atoms with Crippen molar-refractivity contribution in [1.29, 1.82) is 0 Å². The van der Waals surface area contributed by atoms with Gasteiger partial charge in [0.2, 0.25) is 0 Å². The van der Waals surface area contributed by atoms with Crippen molar-refractivity contribution in [1.82, 2.24) is 0 Å². The second-order valence-corrected chi connectivity index (χ2v) is 15.6. The summed E-state index contributed by atoms with van der Waals surface area (Å²) in [5.74, 6) is -1.19. The predicted molar refractivity (Wildman–Crippen MR) is 113 cm³/mol. The van der Waals surface area contributed by atoms with E-state index in [0.29, 0.717) is 3.80 Å². The van der Waals surface area contributed by atoms with Crippen molar-refractivity contribution in [2.75, 3.05) is 0 Å². The average Bonchev–Trinajstić information content (AvgIpc) is 2.59. The fraction of sp³-hybridized carbons (Fsp3) is 0.818. The molecule has 0 radical (unpaired) electrons. The summed E-state index contributed by atoms with van der Waals surface area (Å²) in [5.41, 5.74) is 0.0648. The normalized spacial score (nSPS) is 10.0.